The van der Waals surface area contributed by atoms with Crippen LogP contribution in [-0.2, 0) is 6.61 Å². The van der Waals surface area contributed by atoms with Crippen molar-refractivity contribution >= 4 is 5.91 Å². The Kier molecular flexibility index (Phi) is 7.29. The van der Waals surface area contributed by atoms with Crippen molar-refractivity contribution in [2.45, 2.75) is 59.6 Å². The van der Waals surface area contributed by atoms with E-state index in [9.17, 15) is 4.79 Å². The zero-order chi connectivity index (χ0) is 20.8. The maximum absolute atomic E-state index is 12.9. The first-order valence-electron chi connectivity index (χ1n) is 10.9. The summed E-state index contributed by atoms with van der Waals surface area (Å²) in [6, 6.07) is 13.7. The number of hydrogen-bond acceptors (Lipinski definition) is 3. The van der Waals surface area contributed by atoms with Crippen LogP contribution in [-0.4, -0.2) is 16.9 Å². The zero-order valence-corrected chi connectivity index (χ0v) is 18.1. The van der Waals surface area contributed by atoms with Crippen molar-refractivity contribution in [3.8, 4) is 5.88 Å². The molecule has 0 bridgehead atoms. The highest BCUT2D eigenvalue weighted by Crippen LogP contribution is 2.36. The molecule has 3 atom stereocenters. The van der Waals surface area contributed by atoms with Crippen LogP contribution in [0.25, 0.3) is 0 Å². The highest BCUT2D eigenvalue weighted by molar-refractivity contribution is 5.94. The average Bonchev–Trinajstić information content (AvgIpc) is 2.70. The molecule has 0 radical (unpaired) electrons. The highest BCUT2D eigenvalue weighted by atomic mass is 16.5. The van der Waals surface area contributed by atoms with Crippen LogP contribution in [0.3, 0.4) is 0 Å². The SMILES string of the molecule is CC1CC(C)CC(C(NC(=O)c2ccc(OCc3ccccc3)nc2)C(C)C)C1. The third-order valence-corrected chi connectivity index (χ3v) is 5.97. The fourth-order valence-corrected chi connectivity index (χ4v) is 4.70. The second-order valence-electron chi connectivity index (χ2n) is 9.08. The molecule has 1 amide bonds. The van der Waals surface area contributed by atoms with Crippen LogP contribution >= 0.6 is 0 Å². The zero-order valence-electron chi connectivity index (χ0n) is 18.1. The van der Waals surface area contributed by atoms with Gasteiger partial charge in [0.05, 0.1) is 5.56 Å². The summed E-state index contributed by atoms with van der Waals surface area (Å²) in [5.41, 5.74) is 1.67. The Hall–Kier alpha value is -2.36. The maximum Gasteiger partial charge on any atom is 0.253 e. The van der Waals surface area contributed by atoms with E-state index in [2.05, 4.69) is 38.0 Å². The second-order valence-corrected chi connectivity index (χ2v) is 9.08. The largest absolute Gasteiger partial charge is 0.473 e. The Labute approximate surface area is 175 Å². The summed E-state index contributed by atoms with van der Waals surface area (Å²) in [6.07, 6.45) is 5.29. The summed E-state index contributed by atoms with van der Waals surface area (Å²) < 4.78 is 5.72. The van der Waals surface area contributed by atoms with Gasteiger partial charge in [-0.05, 0) is 54.6 Å². The van der Waals surface area contributed by atoms with E-state index in [1.807, 2.05) is 30.3 Å². The van der Waals surface area contributed by atoms with Crippen LogP contribution in [0, 0.1) is 23.7 Å². The average molecular weight is 395 g/mol. The van der Waals surface area contributed by atoms with Crippen LogP contribution in [0.5, 0.6) is 5.88 Å². The lowest BCUT2D eigenvalue weighted by Gasteiger charge is -2.38. The molecule has 4 nitrogen and oxygen atoms in total. The smallest absolute Gasteiger partial charge is 0.253 e. The highest BCUT2D eigenvalue weighted by Gasteiger charge is 2.32. The molecule has 0 saturated heterocycles. The van der Waals surface area contributed by atoms with Crippen LogP contribution in [0.4, 0.5) is 0 Å². The molecular formula is C25H34N2O2. The third kappa shape index (κ3) is 6.06. The van der Waals surface area contributed by atoms with Crippen LogP contribution < -0.4 is 10.1 Å². The Morgan fingerprint density at radius 2 is 1.76 bits per heavy atom. The van der Waals surface area contributed by atoms with E-state index in [1.54, 1.807) is 18.3 Å². The molecule has 1 aromatic carbocycles. The number of nitrogens with one attached hydrogen (secondary N) is 1. The molecule has 1 saturated carbocycles. The van der Waals surface area contributed by atoms with Crippen LogP contribution in [0.15, 0.2) is 48.7 Å². The predicted octanol–water partition coefficient (Wildman–Crippen LogP) is 5.49. The van der Waals surface area contributed by atoms with Gasteiger partial charge in [-0.25, -0.2) is 4.98 Å². The number of pyridine rings is 1. The predicted molar refractivity (Wildman–Crippen MR) is 117 cm³/mol. The molecular weight excluding hydrogens is 360 g/mol. The number of carbonyl (C=O) groups is 1. The maximum atomic E-state index is 12.9. The van der Waals surface area contributed by atoms with Gasteiger partial charge in [-0.3, -0.25) is 4.79 Å². The summed E-state index contributed by atoms with van der Waals surface area (Å²) in [6.45, 7) is 9.54. The molecule has 1 N–H and O–H groups in total. The molecule has 1 heterocycles. The van der Waals surface area contributed by atoms with Crippen molar-refractivity contribution in [2.75, 3.05) is 0 Å². The van der Waals surface area contributed by atoms with Crippen molar-refractivity contribution in [3.05, 3.63) is 59.8 Å². The van der Waals surface area contributed by atoms with Crippen molar-refractivity contribution in [3.63, 3.8) is 0 Å². The van der Waals surface area contributed by atoms with Gasteiger partial charge in [0.15, 0.2) is 0 Å². The summed E-state index contributed by atoms with van der Waals surface area (Å²) in [5.74, 6) is 2.88. The van der Waals surface area contributed by atoms with Crippen molar-refractivity contribution < 1.29 is 9.53 Å². The molecule has 3 rings (SSSR count). The van der Waals surface area contributed by atoms with Gasteiger partial charge in [-0.2, -0.15) is 0 Å². The Balaban J connectivity index is 1.59. The fraction of sp³-hybridized carbons (Fsp3) is 0.520. The van der Waals surface area contributed by atoms with Gasteiger partial charge in [0.1, 0.15) is 6.61 Å². The monoisotopic (exact) mass is 394 g/mol. The summed E-state index contributed by atoms with van der Waals surface area (Å²) in [5, 5.41) is 3.30. The van der Waals surface area contributed by atoms with Crippen molar-refractivity contribution in [2.24, 2.45) is 23.7 Å². The molecule has 1 aromatic heterocycles. The van der Waals surface area contributed by atoms with Crippen molar-refractivity contribution in [1.82, 2.24) is 10.3 Å². The minimum absolute atomic E-state index is 0.0447. The quantitative estimate of drug-likeness (QED) is 0.676. The lowest BCUT2D eigenvalue weighted by Crippen LogP contribution is -2.46. The summed E-state index contributed by atoms with van der Waals surface area (Å²) in [7, 11) is 0. The lowest BCUT2D eigenvalue weighted by molar-refractivity contribution is 0.0858. The van der Waals surface area contributed by atoms with Gasteiger partial charge in [0.2, 0.25) is 5.88 Å². The normalized spacial score (nSPS) is 22.9. The summed E-state index contributed by atoms with van der Waals surface area (Å²) in [4.78, 5) is 17.2. The van der Waals surface area contributed by atoms with Gasteiger partial charge in [-0.1, -0.05) is 58.0 Å². The molecule has 3 unspecified atom stereocenters. The molecule has 2 aromatic rings. The number of rotatable bonds is 7. The lowest BCUT2D eigenvalue weighted by atomic mass is 9.71. The van der Waals surface area contributed by atoms with Crippen LogP contribution in [0.2, 0.25) is 0 Å². The standard InChI is InChI=1S/C25H34N2O2/c1-17(2)24(22-13-18(3)12-19(4)14-22)27-25(28)21-10-11-23(26-15-21)29-16-20-8-6-5-7-9-20/h5-11,15,17-19,22,24H,12-14,16H2,1-4H3,(H,27,28). The molecule has 156 valence electrons. The van der Waals surface area contributed by atoms with E-state index >= 15 is 0 Å². The molecule has 29 heavy (non-hydrogen) atoms. The third-order valence-electron chi connectivity index (χ3n) is 5.97. The number of benzene rings is 1. The van der Waals surface area contributed by atoms with E-state index in [0.717, 1.165) is 17.4 Å². The molecule has 1 aliphatic rings. The number of ether oxygens (including phenoxy) is 1. The number of amides is 1. The van der Waals surface area contributed by atoms with Gasteiger partial charge in [-0.15, -0.1) is 0 Å². The molecule has 4 heteroatoms. The first kappa shape index (κ1) is 21.4. The van der Waals surface area contributed by atoms with E-state index < -0.39 is 0 Å². The van der Waals surface area contributed by atoms with E-state index in [-0.39, 0.29) is 11.9 Å². The number of nitrogens with zero attached hydrogens (tertiary/aromatic N) is 1. The number of aromatic nitrogens is 1. The number of hydrogen-bond donors (Lipinski definition) is 1. The minimum Gasteiger partial charge on any atom is -0.473 e. The molecule has 0 spiro atoms. The second kappa shape index (κ2) is 9.91. The summed E-state index contributed by atoms with van der Waals surface area (Å²) >= 11 is 0. The molecule has 1 fully saturated rings. The van der Waals surface area contributed by atoms with Gasteiger partial charge < -0.3 is 10.1 Å². The first-order valence-corrected chi connectivity index (χ1v) is 10.9. The first-order chi connectivity index (χ1) is 13.9. The Bertz CT molecular complexity index is 763. The van der Waals surface area contributed by atoms with Gasteiger partial charge >= 0.3 is 0 Å². The molecule has 1 aliphatic carbocycles. The van der Waals surface area contributed by atoms with Crippen LogP contribution in [0.1, 0.15) is 62.9 Å². The Morgan fingerprint density at radius 1 is 1.07 bits per heavy atom. The topological polar surface area (TPSA) is 51.2 Å². The van der Waals surface area contributed by atoms with Gasteiger partial charge in [0.25, 0.3) is 5.91 Å². The van der Waals surface area contributed by atoms with E-state index in [4.69, 9.17) is 4.74 Å². The van der Waals surface area contributed by atoms with Crippen molar-refractivity contribution in [1.29, 1.82) is 0 Å². The fourth-order valence-electron chi connectivity index (χ4n) is 4.70. The Morgan fingerprint density at radius 3 is 2.34 bits per heavy atom. The molecule has 0 aliphatic heterocycles. The van der Waals surface area contributed by atoms with Gasteiger partial charge in [0, 0.05) is 18.3 Å². The van der Waals surface area contributed by atoms with E-state index in [0.29, 0.717) is 29.9 Å². The minimum atomic E-state index is -0.0447. The van der Waals surface area contributed by atoms with E-state index in [1.165, 1.54) is 19.3 Å². The number of carbonyl (C=O) groups excluding carboxylic acids is 1.